The predicted molar refractivity (Wildman–Crippen MR) is 109 cm³/mol. The Morgan fingerprint density at radius 3 is 2.39 bits per heavy atom. The summed E-state index contributed by atoms with van der Waals surface area (Å²) in [6.45, 7) is 6.36. The lowest BCUT2D eigenvalue weighted by atomic mass is 10.1. The Bertz CT molecular complexity index is 737. The standard InChI is InChI=1S/C21H28N4O3/c1-2-22-19(26)16-23-12-14-24(15-13-23)20(27)10-7-17-5-8-18(9-6-17)25-11-3-4-21(25)28/h5-10H,2-4,11-16H2,1H3,(H,22,26)/b10-7+. The van der Waals surface area contributed by atoms with Crippen LogP contribution in [0.1, 0.15) is 25.3 Å². The van der Waals surface area contributed by atoms with Crippen molar-refractivity contribution in [2.75, 3.05) is 50.7 Å². The van der Waals surface area contributed by atoms with E-state index in [2.05, 4.69) is 10.2 Å². The Morgan fingerprint density at radius 2 is 1.79 bits per heavy atom. The summed E-state index contributed by atoms with van der Waals surface area (Å²) >= 11 is 0. The molecule has 2 aliphatic heterocycles. The van der Waals surface area contributed by atoms with Gasteiger partial charge in [0.2, 0.25) is 17.7 Å². The van der Waals surface area contributed by atoms with Crippen molar-refractivity contribution in [2.24, 2.45) is 0 Å². The van der Waals surface area contributed by atoms with Crippen LogP contribution in [-0.4, -0.2) is 73.3 Å². The summed E-state index contributed by atoms with van der Waals surface area (Å²) in [5.74, 6) is 0.183. The second-order valence-electron chi connectivity index (χ2n) is 7.13. The highest BCUT2D eigenvalue weighted by Gasteiger charge is 2.22. The van der Waals surface area contributed by atoms with Crippen molar-refractivity contribution in [3.05, 3.63) is 35.9 Å². The fourth-order valence-electron chi connectivity index (χ4n) is 3.54. The van der Waals surface area contributed by atoms with E-state index >= 15 is 0 Å². The van der Waals surface area contributed by atoms with Gasteiger partial charge in [0.05, 0.1) is 6.54 Å². The van der Waals surface area contributed by atoms with Gasteiger partial charge >= 0.3 is 0 Å². The number of piperazine rings is 1. The van der Waals surface area contributed by atoms with Gasteiger partial charge in [0.1, 0.15) is 0 Å². The maximum atomic E-state index is 12.4. The summed E-state index contributed by atoms with van der Waals surface area (Å²) in [6, 6.07) is 7.70. The zero-order valence-electron chi connectivity index (χ0n) is 16.4. The number of likely N-dealkylation sites (N-methyl/N-ethyl adjacent to an activating group) is 1. The van der Waals surface area contributed by atoms with Crippen molar-refractivity contribution in [1.82, 2.24) is 15.1 Å². The summed E-state index contributed by atoms with van der Waals surface area (Å²) in [6.07, 6.45) is 4.92. The summed E-state index contributed by atoms with van der Waals surface area (Å²) in [5.41, 5.74) is 1.84. The number of nitrogens with one attached hydrogen (secondary N) is 1. The van der Waals surface area contributed by atoms with Crippen molar-refractivity contribution < 1.29 is 14.4 Å². The van der Waals surface area contributed by atoms with Gasteiger partial charge in [0.15, 0.2) is 0 Å². The van der Waals surface area contributed by atoms with E-state index in [1.165, 1.54) is 0 Å². The van der Waals surface area contributed by atoms with Gasteiger partial charge in [0.25, 0.3) is 0 Å². The Morgan fingerprint density at radius 1 is 1.07 bits per heavy atom. The summed E-state index contributed by atoms with van der Waals surface area (Å²) in [7, 11) is 0. The van der Waals surface area contributed by atoms with Crippen molar-refractivity contribution in [3.63, 3.8) is 0 Å². The van der Waals surface area contributed by atoms with Crippen LogP contribution in [0.25, 0.3) is 6.08 Å². The number of hydrogen-bond donors (Lipinski definition) is 1. The normalized spacial score (nSPS) is 18.1. The van der Waals surface area contributed by atoms with Crippen LogP contribution in [0.2, 0.25) is 0 Å². The summed E-state index contributed by atoms with van der Waals surface area (Å²) in [5, 5.41) is 2.80. The quantitative estimate of drug-likeness (QED) is 0.746. The van der Waals surface area contributed by atoms with Crippen LogP contribution >= 0.6 is 0 Å². The average Bonchev–Trinajstić information content (AvgIpc) is 3.13. The smallest absolute Gasteiger partial charge is 0.246 e. The van der Waals surface area contributed by atoms with E-state index in [0.717, 1.165) is 24.2 Å². The molecule has 0 atom stereocenters. The molecule has 1 aromatic carbocycles. The topological polar surface area (TPSA) is 73.0 Å². The van der Waals surface area contributed by atoms with E-state index in [9.17, 15) is 14.4 Å². The lowest BCUT2D eigenvalue weighted by Crippen LogP contribution is -2.50. The first-order chi connectivity index (χ1) is 13.6. The largest absolute Gasteiger partial charge is 0.355 e. The Balaban J connectivity index is 1.47. The van der Waals surface area contributed by atoms with Crippen molar-refractivity contribution in [1.29, 1.82) is 0 Å². The molecule has 7 nitrogen and oxygen atoms in total. The third-order valence-corrected chi connectivity index (χ3v) is 5.12. The minimum absolute atomic E-state index is 0.0172. The summed E-state index contributed by atoms with van der Waals surface area (Å²) in [4.78, 5) is 41.5. The van der Waals surface area contributed by atoms with E-state index in [1.54, 1.807) is 17.1 Å². The Labute approximate surface area is 166 Å². The number of carbonyl (C=O) groups excluding carboxylic acids is 3. The summed E-state index contributed by atoms with van der Waals surface area (Å²) < 4.78 is 0. The number of rotatable bonds is 6. The van der Waals surface area contributed by atoms with Crippen LogP contribution in [0.4, 0.5) is 5.69 Å². The fraction of sp³-hybridized carbons (Fsp3) is 0.476. The molecule has 2 saturated heterocycles. The van der Waals surface area contributed by atoms with Gasteiger partial charge in [-0.3, -0.25) is 19.3 Å². The second-order valence-corrected chi connectivity index (χ2v) is 7.13. The number of amides is 3. The molecule has 0 aromatic heterocycles. The number of carbonyl (C=O) groups is 3. The zero-order chi connectivity index (χ0) is 19.9. The lowest BCUT2D eigenvalue weighted by molar-refractivity contribution is -0.128. The third kappa shape index (κ3) is 5.19. The molecule has 0 unspecified atom stereocenters. The van der Waals surface area contributed by atoms with Crippen LogP contribution in [-0.2, 0) is 14.4 Å². The molecule has 3 amide bonds. The molecular weight excluding hydrogens is 356 g/mol. The highest BCUT2D eigenvalue weighted by molar-refractivity contribution is 5.95. The monoisotopic (exact) mass is 384 g/mol. The molecule has 1 N–H and O–H groups in total. The first kappa shape index (κ1) is 20.1. The van der Waals surface area contributed by atoms with E-state index in [1.807, 2.05) is 36.1 Å². The lowest BCUT2D eigenvalue weighted by Gasteiger charge is -2.33. The molecule has 2 aliphatic rings. The zero-order valence-corrected chi connectivity index (χ0v) is 16.4. The number of anilines is 1. The molecule has 3 rings (SSSR count). The van der Waals surface area contributed by atoms with E-state index in [-0.39, 0.29) is 17.7 Å². The molecule has 0 bridgehead atoms. The molecule has 0 aliphatic carbocycles. The number of benzene rings is 1. The maximum absolute atomic E-state index is 12.4. The second kappa shape index (κ2) is 9.50. The van der Waals surface area contributed by atoms with Crippen LogP contribution in [0.15, 0.2) is 30.3 Å². The van der Waals surface area contributed by atoms with Gasteiger partial charge in [0, 0.05) is 57.5 Å². The Hall–Kier alpha value is -2.67. The highest BCUT2D eigenvalue weighted by atomic mass is 16.2. The van der Waals surface area contributed by atoms with Gasteiger partial charge in [-0.05, 0) is 37.1 Å². The number of nitrogens with zero attached hydrogens (tertiary/aromatic N) is 3. The first-order valence-electron chi connectivity index (χ1n) is 9.93. The van der Waals surface area contributed by atoms with E-state index < -0.39 is 0 Å². The van der Waals surface area contributed by atoms with E-state index in [0.29, 0.717) is 45.7 Å². The molecule has 7 heteroatoms. The maximum Gasteiger partial charge on any atom is 0.246 e. The minimum atomic E-state index is -0.0172. The van der Waals surface area contributed by atoms with Gasteiger partial charge in [-0.2, -0.15) is 0 Å². The Kier molecular flexibility index (Phi) is 6.81. The minimum Gasteiger partial charge on any atom is -0.355 e. The van der Waals surface area contributed by atoms with Crippen LogP contribution in [0.5, 0.6) is 0 Å². The average molecular weight is 384 g/mol. The molecule has 0 spiro atoms. The first-order valence-corrected chi connectivity index (χ1v) is 9.93. The molecule has 0 saturated carbocycles. The van der Waals surface area contributed by atoms with Crippen LogP contribution in [0.3, 0.4) is 0 Å². The van der Waals surface area contributed by atoms with Gasteiger partial charge in [-0.15, -0.1) is 0 Å². The van der Waals surface area contributed by atoms with Crippen molar-refractivity contribution in [3.8, 4) is 0 Å². The van der Waals surface area contributed by atoms with Gasteiger partial charge < -0.3 is 15.1 Å². The SMILES string of the molecule is CCNC(=O)CN1CCN(C(=O)/C=C/c2ccc(N3CCCC3=O)cc2)CC1. The van der Waals surface area contributed by atoms with E-state index in [4.69, 9.17) is 0 Å². The molecule has 1 aromatic rings. The van der Waals surface area contributed by atoms with Gasteiger partial charge in [-0.25, -0.2) is 0 Å². The number of hydrogen-bond acceptors (Lipinski definition) is 4. The molecule has 0 radical (unpaired) electrons. The van der Waals surface area contributed by atoms with Gasteiger partial charge in [-0.1, -0.05) is 12.1 Å². The van der Waals surface area contributed by atoms with Crippen molar-refractivity contribution >= 4 is 29.5 Å². The van der Waals surface area contributed by atoms with Crippen molar-refractivity contribution in [2.45, 2.75) is 19.8 Å². The fourth-order valence-corrected chi connectivity index (χ4v) is 3.54. The molecule has 28 heavy (non-hydrogen) atoms. The molecule has 150 valence electrons. The molecular formula is C21H28N4O3. The predicted octanol–water partition coefficient (Wildman–Crippen LogP) is 1.11. The van der Waals surface area contributed by atoms with Crippen LogP contribution in [0, 0.1) is 0 Å². The molecule has 2 heterocycles. The highest BCUT2D eigenvalue weighted by Crippen LogP contribution is 2.22. The van der Waals surface area contributed by atoms with Crippen LogP contribution < -0.4 is 10.2 Å². The third-order valence-electron chi connectivity index (χ3n) is 5.12. The molecule has 2 fully saturated rings.